The van der Waals surface area contributed by atoms with E-state index in [4.69, 9.17) is 4.74 Å². The summed E-state index contributed by atoms with van der Waals surface area (Å²) in [4.78, 5) is 13.6. The first-order chi connectivity index (χ1) is 8.10. The van der Waals surface area contributed by atoms with Crippen molar-refractivity contribution >= 4 is 11.5 Å². The first-order valence-electron chi connectivity index (χ1n) is 5.42. The predicted molar refractivity (Wildman–Crippen MR) is 61.8 cm³/mol. The van der Waals surface area contributed by atoms with E-state index in [-0.39, 0.29) is 0 Å². The molecular formula is C10H17N5O2. The summed E-state index contributed by atoms with van der Waals surface area (Å²) in [5.74, 6) is -0.00894. The van der Waals surface area contributed by atoms with E-state index in [0.717, 1.165) is 0 Å². The van der Waals surface area contributed by atoms with Crippen LogP contribution in [0.3, 0.4) is 0 Å². The molecule has 0 fully saturated rings. The van der Waals surface area contributed by atoms with Gasteiger partial charge >= 0.3 is 5.97 Å². The highest BCUT2D eigenvalue weighted by molar-refractivity contribution is 6.15. The molecule has 1 aromatic rings. The number of aromatic nitrogens is 4. The molecule has 0 saturated carbocycles. The van der Waals surface area contributed by atoms with Crippen molar-refractivity contribution in [2.45, 2.75) is 20.4 Å². The number of hydrogen-bond donors (Lipinski definition) is 0. The van der Waals surface area contributed by atoms with Crippen LogP contribution < -0.4 is 0 Å². The van der Waals surface area contributed by atoms with Crippen LogP contribution in [0.2, 0.25) is 0 Å². The Labute approximate surface area is 100 Å². The third-order valence-electron chi connectivity index (χ3n) is 1.95. The predicted octanol–water partition coefficient (Wildman–Crippen LogP) is 0.159. The lowest BCUT2D eigenvalue weighted by atomic mass is 10.2. The Morgan fingerprint density at radius 1 is 1.47 bits per heavy atom. The molecule has 0 amide bonds. The Balaban J connectivity index is 3.11. The van der Waals surface area contributed by atoms with Gasteiger partial charge in [0.1, 0.15) is 5.57 Å². The smallest absolute Gasteiger partial charge is 0.343 e. The quantitative estimate of drug-likeness (QED) is 0.538. The first kappa shape index (κ1) is 13.1. The van der Waals surface area contributed by atoms with E-state index in [0.29, 0.717) is 24.5 Å². The number of carbonyl (C=O) groups is 1. The van der Waals surface area contributed by atoms with Gasteiger partial charge in [-0.3, -0.25) is 0 Å². The fourth-order valence-corrected chi connectivity index (χ4v) is 1.28. The molecular weight excluding hydrogens is 222 g/mol. The Morgan fingerprint density at radius 2 is 2.18 bits per heavy atom. The molecule has 1 aromatic heterocycles. The summed E-state index contributed by atoms with van der Waals surface area (Å²) < 4.78 is 6.53. The van der Waals surface area contributed by atoms with E-state index in [1.165, 1.54) is 0 Å². The lowest BCUT2D eigenvalue weighted by molar-refractivity contribution is -0.136. The van der Waals surface area contributed by atoms with Crippen LogP contribution in [0.15, 0.2) is 6.20 Å². The van der Waals surface area contributed by atoms with Crippen molar-refractivity contribution < 1.29 is 9.53 Å². The average Bonchev–Trinajstić information content (AvgIpc) is 2.73. The summed E-state index contributed by atoms with van der Waals surface area (Å²) >= 11 is 0. The van der Waals surface area contributed by atoms with Crippen LogP contribution in [-0.4, -0.2) is 51.8 Å². The Kier molecular flexibility index (Phi) is 4.62. The molecule has 94 valence electrons. The minimum absolute atomic E-state index is 0.317. The highest BCUT2D eigenvalue weighted by Crippen LogP contribution is 2.13. The van der Waals surface area contributed by atoms with E-state index >= 15 is 0 Å². The number of aryl methyl sites for hydroxylation is 1. The molecule has 0 N–H and O–H groups in total. The van der Waals surface area contributed by atoms with E-state index in [1.54, 1.807) is 22.7 Å². The van der Waals surface area contributed by atoms with Crippen LogP contribution in [0.4, 0.5) is 0 Å². The van der Waals surface area contributed by atoms with Crippen molar-refractivity contribution in [2.75, 3.05) is 20.7 Å². The lowest BCUT2D eigenvalue weighted by Gasteiger charge is -2.10. The highest BCUT2D eigenvalue weighted by Gasteiger charge is 2.20. The van der Waals surface area contributed by atoms with E-state index in [1.807, 2.05) is 21.0 Å². The zero-order valence-corrected chi connectivity index (χ0v) is 10.5. The number of hydrogen-bond acceptors (Lipinski definition) is 6. The molecule has 0 aromatic carbocycles. The third-order valence-corrected chi connectivity index (χ3v) is 1.95. The largest absolute Gasteiger partial charge is 0.462 e. The monoisotopic (exact) mass is 239 g/mol. The van der Waals surface area contributed by atoms with Crippen molar-refractivity contribution in [1.82, 2.24) is 25.1 Å². The van der Waals surface area contributed by atoms with Crippen LogP contribution in [0.5, 0.6) is 0 Å². The first-order valence-corrected chi connectivity index (χ1v) is 5.42. The molecule has 0 unspecified atom stereocenters. The average molecular weight is 239 g/mol. The van der Waals surface area contributed by atoms with Crippen LogP contribution in [0.25, 0.3) is 5.57 Å². The molecule has 0 aliphatic heterocycles. The Bertz CT molecular complexity index is 411. The van der Waals surface area contributed by atoms with Crippen molar-refractivity contribution in [3.05, 3.63) is 12.0 Å². The van der Waals surface area contributed by atoms with Gasteiger partial charge < -0.3 is 9.64 Å². The van der Waals surface area contributed by atoms with Crippen LogP contribution >= 0.6 is 0 Å². The minimum Gasteiger partial charge on any atom is -0.462 e. The van der Waals surface area contributed by atoms with Crippen LogP contribution in [0.1, 0.15) is 19.7 Å². The third kappa shape index (κ3) is 3.27. The maximum absolute atomic E-state index is 11.8. The van der Waals surface area contributed by atoms with Gasteiger partial charge in [0, 0.05) is 26.8 Å². The zero-order valence-electron chi connectivity index (χ0n) is 10.5. The fourth-order valence-electron chi connectivity index (χ4n) is 1.28. The van der Waals surface area contributed by atoms with Crippen molar-refractivity contribution in [3.63, 3.8) is 0 Å². The molecule has 17 heavy (non-hydrogen) atoms. The number of ether oxygens (including phenoxy) is 1. The highest BCUT2D eigenvalue weighted by atomic mass is 16.5. The van der Waals surface area contributed by atoms with Gasteiger partial charge in [-0.1, -0.05) is 0 Å². The molecule has 7 heteroatoms. The molecule has 0 radical (unpaired) electrons. The van der Waals surface area contributed by atoms with Gasteiger partial charge in [0.05, 0.1) is 6.61 Å². The Hall–Kier alpha value is -1.92. The maximum atomic E-state index is 11.8. The van der Waals surface area contributed by atoms with Crippen LogP contribution in [-0.2, 0) is 16.1 Å². The molecule has 0 atom stereocenters. The van der Waals surface area contributed by atoms with Gasteiger partial charge in [0.25, 0.3) is 0 Å². The number of nitrogens with zero attached hydrogens (tertiary/aromatic N) is 5. The molecule has 0 spiro atoms. The summed E-state index contributed by atoms with van der Waals surface area (Å²) in [5.41, 5.74) is 0.351. The summed E-state index contributed by atoms with van der Waals surface area (Å²) in [6, 6.07) is 0. The number of rotatable bonds is 5. The summed E-state index contributed by atoms with van der Waals surface area (Å²) in [6.45, 7) is 4.57. The molecule has 1 rings (SSSR count). The number of esters is 1. The molecule has 0 aliphatic carbocycles. The second-order valence-electron chi connectivity index (χ2n) is 3.55. The van der Waals surface area contributed by atoms with E-state index in [2.05, 4.69) is 15.5 Å². The zero-order chi connectivity index (χ0) is 12.8. The van der Waals surface area contributed by atoms with Crippen molar-refractivity contribution in [2.24, 2.45) is 0 Å². The number of carbonyl (C=O) groups excluding carboxylic acids is 1. The topological polar surface area (TPSA) is 73.1 Å². The second-order valence-corrected chi connectivity index (χ2v) is 3.55. The second kappa shape index (κ2) is 5.97. The Morgan fingerprint density at radius 3 is 2.71 bits per heavy atom. The molecule has 7 nitrogen and oxygen atoms in total. The van der Waals surface area contributed by atoms with Gasteiger partial charge in [-0.15, -0.1) is 5.10 Å². The summed E-state index contributed by atoms with van der Waals surface area (Å²) in [5, 5.41) is 11.2. The molecule has 0 saturated heterocycles. The van der Waals surface area contributed by atoms with Crippen molar-refractivity contribution in [1.29, 1.82) is 0 Å². The van der Waals surface area contributed by atoms with Crippen molar-refractivity contribution in [3.8, 4) is 0 Å². The minimum atomic E-state index is -0.425. The van der Waals surface area contributed by atoms with Gasteiger partial charge in [-0.05, 0) is 24.3 Å². The van der Waals surface area contributed by atoms with Gasteiger partial charge in [-0.25, -0.2) is 9.48 Å². The van der Waals surface area contributed by atoms with E-state index in [9.17, 15) is 4.79 Å². The van der Waals surface area contributed by atoms with Gasteiger partial charge in [0.2, 0.25) is 0 Å². The fraction of sp³-hybridized carbons (Fsp3) is 0.600. The van der Waals surface area contributed by atoms with Gasteiger partial charge in [0.15, 0.2) is 5.82 Å². The molecule has 0 bridgehead atoms. The maximum Gasteiger partial charge on any atom is 0.343 e. The summed E-state index contributed by atoms with van der Waals surface area (Å²) in [6.07, 6.45) is 1.65. The SMILES string of the molecule is CCOC(=O)/C(=C/N(C)C)c1nnnn1CC. The van der Waals surface area contributed by atoms with E-state index < -0.39 is 5.97 Å². The number of tetrazole rings is 1. The summed E-state index contributed by atoms with van der Waals surface area (Å²) in [7, 11) is 3.64. The van der Waals surface area contributed by atoms with Gasteiger partial charge in [-0.2, -0.15) is 0 Å². The lowest BCUT2D eigenvalue weighted by Crippen LogP contribution is -2.15. The standard InChI is InChI=1S/C10H17N5O2/c1-5-15-9(11-12-13-15)8(7-14(3)4)10(16)17-6-2/h7H,5-6H2,1-4H3/b8-7+. The normalized spacial score (nSPS) is 11.4. The molecule has 0 aliphatic rings. The van der Waals surface area contributed by atoms with Crippen LogP contribution in [0, 0.1) is 0 Å². The molecule has 1 heterocycles.